The number of amides is 1. The molecule has 0 unspecified atom stereocenters. The number of nitrogens with one attached hydrogen (secondary N) is 1. The average Bonchev–Trinajstić information content (AvgIpc) is 2.79. The van der Waals surface area contributed by atoms with E-state index in [-0.39, 0.29) is 15.5 Å². The monoisotopic (exact) mass is 300 g/mol. The number of hydrogen-bond donors (Lipinski definition) is 1. The van der Waals surface area contributed by atoms with Crippen molar-refractivity contribution in [2.45, 2.75) is 0 Å². The number of carbonyl (C=O) groups is 1. The number of benzene rings is 1. The van der Waals surface area contributed by atoms with Crippen LogP contribution in [0.3, 0.4) is 0 Å². The number of nitrogens with zero attached hydrogens (tertiary/aromatic N) is 1. The molecule has 0 fully saturated rings. The molecule has 0 saturated heterocycles. The molecular weight excluding hydrogens is 294 g/mol. The van der Waals surface area contributed by atoms with Crippen LogP contribution >= 0.6 is 22.9 Å². The van der Waals surface area contributed by atoms with E-state index in [9.17, 15) is 13.6 Å². The highest BCUT2D eigenvalue weighted by molar-refractivity contribution is 7.12. The first kappa shape index (κ1) is 13.6. The summed E-state index contributed by atoms with van der Waals surface area (Å²) < 4.78 is 26.1. The van der Waals surface area contributed by atoms with Gasteiger partial charge in [-0.15, -0.1) is 11.3 Å². The first-order chi connectivity index (χ1) is 9.08. The number of carbonyl (C=O) groups excluding carboxylic acids is 1. The summed E-state index contributed by atoms with van der Waals surface area (Å²) in [5.74, 6) is -1.12. The molecular formula is C12H7ClF2N2OS. The molecule has 1 aromatic heterocycles. The fourth-order valence-electron chi connectivity index (χ4n) is 1.28. The summed E-state index contributed by atoms with van der Waals surface area (Å²) in [5.41, 5.74) is 2.24. The Morgan fingerprint density at radius 2 is 2.11 bits per heavy atom. The molecule has 98 valence electrons. The Morgan fingerprint density at radius 3 is 2.74 bits per heavy atom. The summed E-state index contributed by atoms with van der Waals surface area (Å²) in [6, 6.07) is 6.70. The summed E-state index contributed by atoms with van der Waals surface area (Å²) in [5, 5.41) is 3.30. The fourth-order valence-corrected chi connectivity index (χ4v) is 2.11. The van der Waals surface area contributed by atoms with Gasteiger partial charge >= 0.3 is 0 Å². The van der Waals surface area contributed by atoms with Gasteiger partial charge in [0.15, 0.2) is 5.13 Å². The Balaban J connectivity index is 2.06. The highest BCUT2D eigenvalue weighted by atomic mass is 35.5. The van der Waals surface area contributed by atoms with E-state index in [1.807, 2.05) is 0 Å². The normalized spacial score (nSPS) is 10.9. The van der Waals surface area contributed by atoms with Gasteiger partial charge in [0.25, 0.3) is 5.91 Å². The molecule has 1 N–H and O–H groups in total. The van der Waals surface area contributed by atoms with E-state index in [1.165, 1.54) is 30.3 Å². The van der Waals surface area contributed by atoms with Crippen molar-refractivity contribution >= 4 is 35.1 Å². The Bertz CT molecular complexity index is 622. The fraction of sp³-hybridized carbons (Fsp3) is 0. The molecule has 19 heavy (non-hydrogen) atoms. The maximum Gasteiger partial charge on any atom is 0.281 e. The molecule has 1 amide bonds. The maximum atomic E-state index is 13.4. The molecule has 0 aliphatic rings. The third-order valence-corrected chi connectivity index (χ3v) is 3.36. The van der Waals surface area contributed by atoms with Gasteiger partial charge in [-0.05, 0) is 24.3 Å². The predicted molar refractivity (Wildman–Crippen MR) is 70.7 cm³/mol. The molecule has 0 aliphatic carbocycles. The van der Waals surface area contributed by atoms with Gasteiger partial charge in [0.2, 0.25) is 0 Å². The van der Waals surface area contributed by atoms with Gasteiger partial charge in [0.1, 0.15) is 5.82 Å². The van der Waals surface area contributed by atoms with Crippen LogP contribution < -0.4 is 5.43 Å². The Hall–Kier alpha value is -1.79. The number of hydrazone groups is 1. The molecule has 0 radical (unpaired) electrons. The first-order valence-electron chi connectivity index (χ1n) is 5.10. The van der Waals surface area contributed by atoms with Crippen LogP contribution in [0.15, 0.2) is 35.4 Å². The summed E-state index contributed by atoms with van der Waals surface area (Å²) in [6.45, 7) is 0. The van der Waals surface area contributed by atoms with E-state index in [4.69, 9.17) is 11.6 Å². The zero-order chi connectivity index (χ0) is 13.8. The zero-order valence-corrected chi connectivity index (χ0v) is 10.9. The van der Waals surface area contributed by atoms with E-state index < -0.39 is 16.9 Å². The van der Waals surface area contributed by atoms with Crippen LogP contribution in [0.2, 0.25) is 5.02 Å². The third kappa shape index (κ3) is 3.36. The van der Waals surface area contributed by atoms with Gasteiger partial charge in [0, 0.05) is 5.56 Å². The van der Waals surface area contributed by atoms with E-state index in [1.54, 1.807) is 0 Å². The highest BCUT2D eigenvalue weighted by Gasteiger charge is 2.08. The van der Waals surface area contributed by atoms with E-state index in [2.05, 4.69) is 10.5 Å². The van der Waals surface area contributed by atoms with Gasteiger partial charge in [0.05, 0.1) is 16.1 Å². The third-order valence-electron chi connectivity index (χ3n) is 2.16. The van der Waals surface area contributed by atoms with E-state index in [0.717, 1.165) is 6.21 Å². The van der Waals surface area contributed by atoms with Crippen molar-refractivity contribution in [3.05, 3.63) is 56.7 Å². The Kier molecular flexibility index (Phi) is 4.24. The van der Waals surface area contributed by atoms with E-state index >= 15 is 0 Å². The first-order valence-corrected chi connectivity index (χ1v) is 6.30. The second-order valence-electron chi connectivity index (χ2n) is 3.44. The van der Waals surface area contributed by atoms with E-state index in [0.29, 0.717) is 11.3 Å². The maximum absolute atomic E-state index is 13.4. The Labute approximate surface area is 116 Å². The lowest BCUT2D eigenvalue weighted by Crippen LogP contribution is -2.16. The minimum Gasteiger partial charge on any atom is -0.266 e. The Morgan fingerprint density at radius 1 is 1.32 bits per heavy atom. The van der Waals surface area contributed by atoms with Gasteiger partial charge in [-0.2, -0.15) is 9.49 Å². The van der Waals surface area contributed by atoms with Crippen molar-refractivity contribution in [3.63, 3.8) is 0 Å². The van der Waals surface area contributed by atoms with Crippen molar-refractivity contribution in [2.24, 2.45) is 5.10 Å². The van der Waals surface area contributed by atoms with Crippen LogP contribution in [0.4, 0.5) is 8.78 Å². The topological polar surface area (TPSA) is 41.5 Å². The molecule has 0 spiro atoms. The average molecular weight is 301 g/mol. The lowest BCUT2D eigenvalue weighted by molar-refractivity contribution is 0.0959. The largest absolute Gasteiger partial charge is 0.281 e. The highest BCUT2D eigenvalue weighted by Crippen LogP contribution is 2.17. The van der Waals surface area contributed by atoms with Crippen molar-refractivity contribution in [1.82, 2.24) is 5.43 Å². The molecule has 0 aliphatic heterocycles. The lowest BCUT2D eigenvalue weighted by Gasteiger charge is -1.99. The van der Waals surface area contributed by atoms with Crippen LogP contribution in [0, 0.1) is 10.9 Å². The van der Waals surface area contributed by atoms with Gasteiger partial charge in [-0.3, -0.25) is 4.79 Å². The summed E-state index contributed by atoms with van der Waals surface area (Å²) in [6.07, 6.45) is 1.10. The molecule has 0 bridgehead atoms. The quantitative estimate of drug-likeness (QED) is 0.684. The molecule has 2 aromatic rings. The summed E-state index contributed by atoms with van der Waals surface area (Å²) in [7, 11) is 0. The van der Waals surface area contributed by atoms with Crippen LogP contribution in [-0.2, 0) is 0 Å². The van der Waals surface area contributed by atoms with Crippen LogP contribution in [0.1, 0.15) is 15.2 Å². The van der Waals surface area contributed by atoms with Crippen molar-refractivity contribution in [3.8, 4) is 0 Å². The zero-order valence-electron chi connectivity index (χ0n) is 9.36. The number of rotatable bonds is 3. The SMILES string of the molecule is O=C(NN=Cc1c(F)cccc1Cl)c1ccc(F)s1. The molecule has 7 heteroatoms. The van der Waals surface area contributed by atoms with Gasteiger partial charge < -0.3 is 0 Å². The van der Waals surface area contributed by atoms with Crippen LogP contribution in [0.25, 0.3) is 0 Å². The van der Waals surface area contributed by atoms with Crippen molar-refractivity contribution < 1.29 is 13.6 Å². The standard InChI is InChI=1S/C12H7ClF2N2OS/c13-8-2-1-3-9(14)7(8)6-16-17-12(18)10-4-5-11(15)19-10/h1-6H,(H,17,18). The number of hydrogen-bond acceptors (Lipinski definition) is 3. The molecule has 0 saturated carbocycles. The molecule has 2 rings (SSSR count). The molecule has 1 aromatic carbocycles. The van der Waals surface area contributed by atoms with Crippen LogP contribution in [0.5, 0.6) is 0 Å². The van der Waals surface area contributed by atoms with Crippen molar-refractivity contribution in [1.29, 1.82) is 0 Å². The second-order valence-corrected chi connectivity index (χ2v) is 4.88. The summed E-state index contributed by atoms with van der Waals surface area (Å²) >= 11 is 6.47. The molecule has 1 heterocycles. The van der Waals surface area contributed by atoms with Crippen molar-refractivity contribution in [2.75, 3.05) is 0 Å². The lowest BCUT2D eigenvalue weighted by atomic mass is 10.2. The second kappa shape index (κ2) is 5.90. The molecule has 3 nitrogen and oxygen atoms in total. The minimum atomic E-state index is -0.572. The van der Waals surface area contributed by atoms with Gasteiger partial charge in [-0.25, -0.2) is 9.82 Å². The number of thiophene rings is 1. The molecule has 0 atom stereocenters. The van der Waals surface area contributed by atoms with Gasteiger partial charge in [-0.1, -0.05) is 17.7 Å². The summed E-state index contributed by atoms with van der Waals surface area (Å²) in [4.78, 5) is 11.7. The van der Waals surface area contributed by atoms with Crippen LogP contribution in [-0.4, -0.2) is 12.1 Å². The smallest absolute Gasteiger partial charge is 0.266 e. The predicted octanol–water partition coefficient (Wildman–Crippen LogP) is 3.44. The number of halogens is 3. The minimum absolute atomic E-state index is 0.0711.